The lowest BCUT2D eigenvalue weighted by atomic mass is 9.98. The molecule has 3 heterocycles. The highest BCUT2D eigenvalue weighted by Crippen LogP contribution is 2.31. The number of aromatic nitrogens is 4. The van der Waals surface area contributed by atoms with Gasteiger partial charge in [-0.2, -0.15) is 0 Å². The maximum absolute atomic E-state index is 10.1. The summed E-state index contributed by atoms with van der Waals surface area (Å²) < 4.78 is 6.81. The SMILES string of the molecule is Nc1ncnc2ncn([C@@H]3O[C@H](CO)[C@@H](O)[C@H](O)[C@H]3O)c12. The minimum atomic E-state index is -1.48. The Morgan fingerprint density at radius 3 is 2.62 bits per heavy atom. The Bertz CT molecular complexity index is 647. The van der Waals surface area contributed by atoms with E-state index < -0.39 is 37.3 Å². The van der Waals surface area contributed by atoms with E-state index >= 15 is 0 Å². The summed E-state index contributed by atoms with van der Waals surface area (Å²) in [5, 5.41) is 38.9. The van der Waals surface area contributed by atoms with Crippen molar-refractivity contribution in [1.82, 2.24) is 19.5 Å². The van der Waals surface area contributed by atoms with Gasteiger partial charge in [0.15, 0.2) is 17.7 Å². The van der Waals surface area contributed by atoms with E-state index in [1.54, 1.807) is 0 Å². The number of rotatable bonds is 2. The monoisotopic (exact) mass is 297 g/mol. The number of nitrogens with zero attached hydrogens (tertiary/aromatic N) is 4. The number of nitrogens with two attached hydrogens (primary N) is 1. The van der Waals surface area contributed by atoms with Crippen LogP contribution in [0.3, 0.4) is 0 Å². The number of aliphatic hydroxyl groups is 4. The van der Waals surface area contributed by atoms with E-state index in [0.29, 0.717) is 11.2 Å². The number of fused-ring (bicyclic) bond motifs is 1. The molecule has 1 saturated heterocycles. The number of hydrogen-bond acceptors (Lipinski definition) is 9. The predicted octanol–water partition coefficient (Wildman–Crippen LogP) is -2.62. The Morgan fingerprint density at radius 2 is 1.90 bits per heavy atom. The van der Waals surface area contributed by atoms with Crippen molar-refractivity contribution in [3.8, 4) is 0 Å². The van der Waals surface area contributed by atoms with Gasteiger partial charge in [0.05, 0.1) is 6.61 Å². The minimum absolute atomic E-state index is 0.134. The standard InChI is InChI=1S/C11H15N5O5/c12-9-5-10(14-2-13-9)15-3-16(5)11-8(20)7(19)6(18)4(1-17)21-11/h2-4,6-8,11,17-20H,1H2,(H2,12,13,14)/t4-,6-,7+,8-,11-/m1/s1. The van der Waals surface area contributed by atoms with E-state index in [4.69, 9.17) is 10.5 Å². The van der Waals surface area contributed by atoms with Crippen molar-refractivity contribution < 1.29 is 25.2 Å². The fraction of sp³-hybridized carbons (Fsp3) is 0.545. The zero-order chi connectivity index (χ0) is 15.1. The van der Waals surface area contributed by atoms with Gasteiger partial charge in [-0.25, -0.2) is 15.0 Å². The zero-order valence-corrected chi connectivity index (χ0v) is 10.8. The molecule has 0 aromatic carbocycles. The summed E-state index contributed by atoms with van der Waals surface area (Å²) in [5.74, 6) is 0.134. The maximum Gasteiger partial charge on any atom is 0.183 e. The van der Waals surface area contributed by atoms with Gasteiger partial charge in [0, 0.05) is 0 Å². The van der Waals surface area contributed by atoms with Crippen LogP contribution < -0.4 is 5.73 Å². The second-order valence-corrected chi connectivity index (χ2v) is 4.80. The molecular formula is C11H15N5O5. The lowest BCUT2D eigenvalue weighted by Gasteiger charge is -2.40. The van der Waals surface area contributed by atoms with Crippen LogP contribution in [0, 0.1) is 0 Å². The molecule has 10 nitrogen and oxygen atoms in total. The largest absolute Gasteiger partial charge is 0.394 e. The van der Waals surface area contributed by atoms with E-state index in [1.807, 2.05) is 0 Å². The average molecular weight is 297 g/mol. The highest BCUT2D eigenvalue weighted by molar-refractivity contribution is 5.81. The summed E-state index contributed by atoms with van der Waals surface area (Å²) in [4.78, 5) is 11.8. The molecule has 0 aliphatic carbocycles. The summed E-state index contributed by atoms with van der Waals surface area (Å²) in [5.41, 5.74) is 6.41. The van der Waals surface area contributed by atoms with Crippen molar-refractivity contribution in [3.63, 3.8) is 0 Å². The van der Waals surface area contributed by atoms with Crippen LogP contribution in [-0.4, -0.2) is 71.0 Å². The van der Waals surface area contributed by atoms with Crippen LogP contribution in [-0.2, 0) is 4.74 Å². The highest BCUT2D eigenvalue weighted by Gasteiger charge is 2.44. The molecule has 3 rings (SSSR count). The molecule has 10 heteroatoms. The lowest BCUT2D eigenvalue weighted by Crippen LogP contribution is -2.56. The van der Waals surface area contributed by atoms with Gasteiger partial charge in [-0.05, 0) is 0 Å². The fourth-order valence-electron chi connectivity index (χ4n) is 2.40. The first-order valence-corrected chi connectivity index (χ1v) is 6.28. The summed E-state index contributed by atoms with van der Waals surface area (Å²) in [7, 11) is 0. The van der Waals surface area contributed by atoms with E-state index in [2.05, 4.69) is 15.0 Å². The first-order valence-electron chi connectivity index (χ1n) is 6.28. The summed E-state index contributed by atoms with van der Waals surface area (Å²) in [6.45, 7) is -0.514. The smallest absolute Gasteiger partial charge is 0.183 e. The van der Waals surface area contributed by atoms with Gasteiger partial charge in [0.1, 0.15) is 42.6 Å². The molecule has 2 aromatic rings. The molecule has 2 aromatic heterocycles. The van der Waals surface area contributed by atoms with E-state index in [-0.39, 0.29) is 5.82 Å². The van der Waals surface area contributed by atoms with E-state index in [1.165, 1.54) is 17.2 Å². The third-order valence-electron chi connectivity index (χ3n) is 3.54. The third-order valence-corrected chi connectivity index (χ3v) is 3.54. The fourth-order valence-corrected chi connectivity index (χ4v) is 2.40. The topological polar surface area (TPSA) is 160 Å². The van der Waals surface area contributed by atoms with Gasteiger partial charge in [0.2, 0.25) is 0 Å². The van der Waals surface area contributed by atoms with Crippen LogP contribution in [0.4, 0.5) is 5.82 Å². The molecule has 0 amide bonds. The van der Waals surface area contributed by atoms with Crippen molar-refractivity contribution >= 4 is 17.0 Å². The van der Waals surface area contributed by atoms with Gasteiger partial charge in [-0.3, -0.25) is 4.57 Å². The van der Waals surface area contributed by atoms with E-state index in [9.17, 15) is 20.4 Å². The van der Waals surface area contributed by atoms with Crippen LogP contribution in [0.2, 0.25) is 0 Å². The van der Waals surface area contributed by atoms with Crippen molar-refractivity contribution in [3.05, 3.63) is 12.7 Å². The van der Waals surface area contributed by atoms with Gasteiger partial charge >= 0.3 is 0 Å². The Hall–Kier alpha value is -1.85. The Balaban J connectivity index is 2.05. The number of nitrogen functional groups attached to an aromatic ring is 1. The summed E-state index contributed by atoms with van der Waals surface area (Å²) >= 11 is 0. The van der Waals surface area contributed by atoms with Gasteiger partial charge in [-0.15, -0.1) is 0 Å². The highest BCUT2D eigenvalue weighted by atomic mass is 16.6. The maximum atomic E-state index is 10.1. The van der Waals surface area contributed by atoms with Gasteiger partial charge in [0.25, 0.3) is 0 Å². The molecule has 1 fully saturated rings. The van der Waals surface area contributed by atoms with E-state index in [0.717, 1.165) is 0 Å². The Morgan fingerprint density at radius 1 is 1.14 bits per heavy atom. The van der Waals surface area contributed by atoms with Crippen molar-refractivity contribution in [2.24, 2.45) is 0 Å². The summed E-state index contributed by atoms with van der Waals surface area (Å²) in [6.07, 6.45) is -3.85. The number of ether oxygens (including phenoxy) is 1. The second kappa shape index (κ2) is 5.16. The molecular weight excluding hydrogens is 282 g/mol. The average Bonchev–Trinajstić information content (AvgIpc) is 2.91. The van der Waals surface area contributed by atoms with Crippen LogP contribution in [0.5, 0.6) is 0 Å². The Kier molecular flexibility index (Phi) is 3.47. The molecule has 6 N–H and O–H groups in total. The van der Waals surface area contributed by atoms with Crippen LogP contribution >= 0.6 is 0 Å². The zero-order valence-electron chi connectivity index (χ0n) is 10.8. The molecule has 0 radical (unpaired) electrons. The van der Waals surface area contributed by atoms with Crippen LogP contribution in [0.15, 0.2) is 12.7 Å². The normalized spacial score (nSPS) is 33.4. The molecule has 5 atom stereocenters. The lowest BCUT2D eigenvalue weighted by molar-refractivity contribution is -0.250. The van der Waals surface area contributed by atoms with Gasteiger partial charge in [-0.1, -0.05) is 0 Å². The van der Waals surface area contributed by atoms with Crippen molar-refractivity contribution in [2.75, 3.05) is 12.3 Å². The van der Waals surface area contributed by atoms with Crippen molar-refractivity contribution in [2.45, 2.75) is 30.6 Å². The quantitative estimate of drug-likeness (QED) is 0.400. The molecule has 0 unspecified atom stereocenters. The minimum Gasteiger partial charge on any atom is -0.394 e. The van der Waals surface area contributed by atoms with Crippen molar-refractivity contribution in [1.29, 1.82) is 0 Å². The predicted molar refractivity (Wildman–Crippen MR) is 68.8 cm³/mol. The first-order chi connectivity index (χ1) is 10.0. The molecule has 21 heavy (non-hydrogen) atoms. The first kappa shape index (κ1) is 14.1. The molecule has 1 aliphatic rings. The number of aliphatic hydroxyl groups excluding tert-OH is 4. The van der Waals surface area contributed by atoms with Crippen LogP contribution in [0.1, 0.15) is 6.23 Å². The number of anilines is 1. The molecule has 1 aliphatic heterocycles. The van der Waals surface area contributed by atoms with Gasteiger partial charge < -0.3 is 30.9 Å². The molecule has 0 spiro atoms. The summed E-state index contributed by atoms with van der Waals surface area (Å²) in [6, 6.07) is 0. The third kappa shape index (κ3) is 2.13. The second-order valence-electron chi connectivity index (χ2n) is 4.80. The Labute approximate surface area is 118 Å². The number of hydrogen-bond donors (Lipinski definition) is 5. The van der Waals surface area contributed by atoms with Crippen LogP contribution in [0.25, 0.3) is 11.2 Å². The molecule has 0 saturated carbocycles. The molecule has 114 valence electrons. The number of imidazole rings is 1. The molecule has 0 bridgehead atoms.